The Balaban J connectivity index is 0.00000144. The third-order valence-corrected chi connectivity index (χ3v) is 1.73. The molecule has 1 aromatic carbocycles. The van der Waals surface area contributed by atoms with E-state index in [9.17, 15) is 9.90 Å². The number of aliphatic carboxylic acids is 1. The van der Waals surface area contributed by atoms with E-state index in [0.717, 1.165) is 0 Å². The summed E-state index contributed by atoms with van der Waals surface area (Å²) in [6, 6.07) is 5.95. The predicted octanol–water partition coefficient (Wildman–Crippen LogP) is -2.05. The SMILES string of the molecule is C[C@H](C(=O)O)c1cccc([O-])c1.[Na+]. The van der Waals surface area contributed by atoms with Gasteiger partial charge in [-0.3, -0.25) is 4.79 Å². The molecule has 64 valence electrons. The minimum absolute atomic E-state index is 0. The molecule has 1 aromatic rings. The number of carbonyl (C=O) groups is 1. The molecule has 13 heavy (non-hydrogen) atoms. The first kappa shape index (κ1) is 12.5. The molecule has 0 aromatic heterocycles. The van der Waals surface area contributed by atoms with Gasteiger partial charge in [-0.2, -0.15) is 0 Å². The molecule has 0 saturated carbocycles. The Kier molecular flexibility index (Phi) is 5.06. The molecule has 0 aliphatic carbocycles. The minimum Gasteiger partial charge on any atom is -0.872 e. The average molecular weight is 188 g/mol. The first-order valence-electron chi connectivity index (χ1n) is 3.61. The molecule has 0 spiro atoms. The molecule has 0 bridgehead atoms. The Hall–Kier alpha value is -0.510. The van der Waals surface area contributed by atoms with E-state index in [1.54, 1.807) is 19.1 Å². The van der Waals surface area contributed by atoms with Gasteiger partial charge in [-0.1, -0.05) is 24.3 Å². The summed E-state index contributed by atoms with van der Waals surface area (Å²) in [6.07, 6.45) is 0. The molecule has 0 amide bonds. The number of hydrogen-bond acceptors (Lipinski definition) is 2. The zero-order chi connectivity index (χ0) is 9.14. The minimum atomic E-state index is -0.916. The van der Waals surface area contributed by atoms with E-state index >= 15 is 0 Å². The summed E-state index contributed by atoms with van der Waals surface area (Å²) in [5.41, 5.74) is 0.551. The maximum absolute atomic E-state index is 10.8. The zero-order valence-corrected chi connectivity index (χ0v) is 9.65. The molecule has 1 atom stereocenters. The van der Waals surface area contributed by atoms with Gasteiger partial charge >= 0.3 is 35.5 Å². The standard InChI is InChI=1S/C9H10O3.Na/c1-6(9(11)12)7-3-2-4-8(10)5-7;/h2-6,10H,1H3,(H,11,12);/q;+1/p-1/t6-;/m0./s1. The van der Waals surface area contributed by atoms with E-state index in [0.29, 0.717) is 5.56 Å². The van der Waals surface area contributed by atoms with E-state index in [4.69, 9.17) is 5.11 Å². The molecular formula is C9H9NaO3. The third kappa shape index (κ3) is 3.38. The van der Waals surface area contributed by atoms with Crippen molar-refractivity contribution in [2.24, 2.45) is 0 Å². The van der Waals surface area contributed by atoms with Crippen molar-refractivity contribution < 1.29 is 44.6 Å². The number of rotatable bonds is 2. The van der Waals surface area contributed by atoms with Crippen LogP contribution in [0.1, 0.15) is 18.4 Å². The fraction of sp³-hybridized carbons (Fsp3) is 0.222. The van der Waals surface area contributed by atoms with Crippen LogP contribution in [0.3, 0.4) is 0 Å². The molecule has 0 unspecified atom stereocenters. The number of carboxylic acid groups (broad SMARTS) is 1. The van der Waals surface area contributed by atoms with Gasteiger partial charge in [0.05, 0.1) is 5.92 Å². The van der Waals surface area contributed by atoms with Crippen molar-refractivity contribution in [1.82, 2.24) is 0 Å². The van der Waals surface area contributed by atoms with Crippen molar-refractivity contribution in [3.8, 4) is 5.75 Å². The van der Waals surface area contributed by atoms with E-state index in [-0.39, 0.29) is 35.3 Å². The molecule has 4 heteroatoms. The number of carboxylic acids is 1. The molecule has 1 rings (SSSR count). The maximum Gasteiger partial charge on any atom is 1.00 e. The Bertz CT molecular complexity index is 299. The van der Waals surface area contributed by atoms with Crippen molar-refractivity contribution in [3.05, 3.63) is 29.8 Å². The molecule has 0 saturated heterocycles. The molecule has 0 heterocycles. The van der Waals surface area contributed by atoms with Crippen LogP contribution in [0, 0.1) is 0 Å². The molecule has 0 radical (unpaired) electrons. The monoisotopic (exact) mass is 188 g/mol. The van der Waals surface area contributed by atoms with Crippen LogP contribution in [-0.2, 0) is 4.79 Å². The van der Waals surface area contributed by atoms with Crippen LogP contribution >= 0.6 is 0 Å². The van der Waals surface area contributed by atoms with Crippen molar-refractivity contribution in [2.45, 2.75) is 12.8 Å². The molecule has 3 nitrogen and oxygen atoms in total. The third-order valence-electron chi connectivity index (χ3n) is 1.73. The normalized spacial score (nSPS) is 11.5. The Morgan fingerprint density at radius 3 is 2.62 bits per heavy atom. The van der Waals surface area contributed by atoms with E-state index in [1.165, 1.54) is 12.1 Å². The van der Waals surface area contributed by atoms with Gasteiger partial charge in [0.2, 0.25) is 0 Å². The van der Waals surface area contributed by atoms with Gasteiger partial charge < -0.3 is 10.2 Å². The van der Waals surface area contributed by atoms with Gasteiger partial charge in [-0.25, -0.2) is 0 Å². The second-order valence-corrected chi connectivity index (χ2v) is 2.63. The summed E-state index contributed by atoms with van der Waals surface area (Å²) in [7, 11) is 0. The predicted molar refractivity (Wildman–Crippen MR) is 41.9 cm³/mol. The zero-order valence-electron chi connectivity index (χ0n) is 7.65. The van der Waals surface area contributed by atoms with Crippen molar-refractivity contribution in [2.75, 3.05) is 0 Å². The van der Waals surface area contributed by atoms with Crippen LogP contribution in [0.5, 0.6) is 5.75 Å². The van der Waals surface area contributed by atoms with Crippen molar-refractivity contribution >= 4 is 5.97 Å². The van der Waals surface area contributed by atoms with Gasteiger partial charge in [0, 0.05) is 0 Å². The largest absolute Gasteiger partial charge is 1.00 e. The Morgan fingerprint density at radius 1 is 1.54 bits per heavy atom. The van der Waals surface area contributed by atoms with Gasteiger partial charge in [0.25, 0.3) is 0 Å². The molecule has 1 N–H and O–H groups in total. The van der Waals surface area contributed by atoms with Crippen molar-refractivity contribution in [1.29, 1.82) is 0 Å². The van der Waals surface area contributed by atoms with Gasteiger partial charge in [-0.15, -0.1) is 5.75 Å². The number of hydrogen-bond donors (Lipinski definition) is 1. The van der Waals surface area contributed by atoms with Crippen LogP contribution in [0.2, 0.25) is 0 Å². The summed E-state index contributed by atoms with van der Waals surface area (Å²) in [5.74, 6) is -1.68. The maximum atomic E-state index is 10.8. The number of benzene rings is 1. The van der Waals surface area contributed by atoms with Crippen molar-refractivity contribution in [3.63, 3.8) is 0 Å². The summed E-state index contributed by atoms with van der Waals surface area (Å²) in [4.78, 5) is 10.5. The van der Waals surface area contributed by atoms with E-state index in [1.807, 2.05) is 0 Å². The second kappa shape index (κ2) is 5.27. The van der Waals surface area contributed by atoms with E-state index in [2.05, 4.69) is 0 Å². The van der Waals surface area contributed by atoms with Gasteiger partial charge in [-0.05, 0) is 12.5 Å². The van der Waals surface area contributed by atoms with Crippen LogP contribution in [-0.4, -0.2) is 11.1 Å². The van der Waals surface area contributed by atoms with Crippen LogP contribution in [0.4, 0.5) is 0 Å². The first-order chi connectivity index (χ1) is 5.61. The fourth-order valence-corrected chi connectivity index (χ4v) is 0.926. The van der Waals surface area contributed by atoms with Gasteiger partial charge in [0.1, 0.15) is 0 Å². The van der Waals surface area contributed by atoms with E-state index < -0.39 is 11.9 Å². The average Bonchev–Trinajstić information content (AvgIpc) is 2.03. The van der Waals surface area contributed by atoms with Gasteiger partial charge in [0.15, 0.2) is 0 Å². The van der Waals surface area contributed by atoms with Crippen LogP contribution in [0.25, 0.3) is 0 Å². The molecule has 0 aliphatic rings. The van der Waals surface area contributed by atoms with Crippen LogP contribution in [0.15, 0.2) is 24.3 Å². The Morgan fingerprint density at radius 2 is 2.15 bits per heavy atom. The quantitative estimate of drug-likeness (QED) is 0.543. The summed E-state index contributed by atoms with van der Waals surface area (Å²) < 4.78 is 0. The smallest absolute Gasteiger partial charge is 0.872 e. The second-order valence-electron chi connectivity index (χ2n) is 2.63. The fourth-order valence-electron chi connectivity index (χ4n) is 0.926. The molecular weight excluding hydrogens is 179 g/mol. The summed E-state index contributed by atoms with van der Waals surface area (Å²) in [5, 5.41) is 19.4. The first-order valence-corrected chi connectivity index (χ1v) is 3.61. The summed E-state index contributed by atoms with van der Waals surface area (Å²) in [6.45, 7) is 1.55. The topological polar surface area (TPSA) is 60.4 Å². The summed E-state index contributed by atoms with van der Waals surface area (Å²) >= 11 is 0. The Labute approximate surface area is 98.7 Å². The molecule has 0 aliphatic heterocycles. The van der Waals surface area contributed by atoms with Crippen LogP contribution < -0.4 is 34.7 Å². The molecule has 0 fully saturated rings.